The molecule has 0 spiro atoms. The number of Topliss-reactive ketones (excluding diaryl/α,β-unsaturated/α-hetero) is 1. The fourth-order valence-electron chi connectivity index (χ4n) is 1.76. The largest absolute Gasteiger partial charge is 0.302 e. The van der Waals surface area contributed by atoms with E-state index in [2.05, 4.69) is 16.8 Å². The Morgan fingerprint density at radius 2 is 2.00 bits per heavy atom. The highest BCUT2D eigenvalue weighted by Gasteiger charge is 2.12. The van der Waals surface area contributed by atoms with Crippen LogP contribution in [0.5, 0.6) is 0 Å². The third kappa shape index (κ3) is 3.36. The Morgan fingerprint density at radius 1 is 1.30 bits per heavy atom. The number of benzene rings is 1. The van der Waals surface area contributed by atoms with Crippen molar-refractivity contribution in [2.24, 2.45) is 0 Å². The van der Waals surface area contributed by atoms with Gasteiger partial charge in [-0.15, -0.1) is 16.8 Å². The molecule has 0 atom stereocenters. The minimum Gasteiger partial charge on any atom is -0.302 e. The zero-order valence-electron chi connectivity index (χ0n) is 11.7. The van der Waals surface area contributed by atoms with E-state index in [1.165, 1.54) is 11.8 Å². The molecule has 5 heteroatoms. The summed E-state index contributed by atoms with van der Waals surface area (Å²) < 4.78 is 1.94. The van der Waals surface area contributed by atoms with E-state index in [0.29, 0.717) is 12.3 Å². The van der Waals surface area contributed by atoms with Crippen molar-refractivity contribution in [3.8, 4) is 0 Å². The van der Waals surface area contributed by atoms with Gasteiger partial charge in [0.25, 0.3) is 0 Å². The second kappa shape index (κ2) is 6.52. The number of aromatic nitrogens is 3. The molecule has 1 aromatic carbocycles. The molecular weight excluding hydrogens is 270 g/mol. The highest BCUT2D eigenvalue weighted by molar-refractivity contribution is 7.99. The number of thioether (sulfide) groups is 1. The summed E-state index contributed by atoms with van der Waals surface area (Å²) in [6.45, 7) is 8.26. The SMILES string of the molecule is C=CCn1c(C)nnc1SCC(=O)c1ccc(C)cc1. The van der Waals surface area contributed by atoms with E-state index < -0.39 is 0 Å². The Balaban J connectivity index is 2.03. The van der Waals surface area contributed by atoms with E-state index in [0.717, 1.165) is 22.1 Å². The first kappa shape index (κ1) is 14.5. The lowest BCUT2D eigenvalue weighted by atomic mass is 10.1. The molecule has 4 nitrogen and oxygen atoms in total. The topological polar surface area (TPSA) is 47.8 Å². The molecule has 0 saturated carbocycles. The van der Waals surface area contributed by atoms with Gasteiger partial charge in [-0.1, -0.05) is 47.7 Å². The molecule has 0 aliphatic carbocycles. The molecule has 0 saturated heterocycles. The van der Waals surface area contributed by atoms with E-state index in [1.807, 2.05) is 42.7 Å². The third-order valence-corrected chi connectivity index (χ3v) is 3.89. The van der Waals surface area contributed by atoms with Gasteiger partial charge in [-0.05, 0) is 13.8 Å². The first-order valence-corrected chi connectivity index (χ1v) is 7.33. The van der Waals surface area contributed by atoms with Gasteiger partial charge in [0, 0.05) is 12.1 Å². The van der Waals surface area contributed by atoms with Crippen LogP contribution in [0.15, 0.2) is 42.1 Å². The number of nitrogens with zero attached hydrogens (tertiary/aromatic N) is 3. The van der Waals surface area contributed by atoms with Gasteiger partial charge < -0.3 is 4.57 Å². The van der Waals surface area contributed by atoms with Crippen LogP contribution in [0.4, 0.5) is 0 Å². The Morgan fingerprint density at radius 3 is 2.65 bits per heavy atom. The van der Waals surface area contributed by atoms with Crippen LogP contribution in [0.2, 0.25) is 0 Å². The molecular formula is C15H17N3OS. The highest BCUT2D eigenvalue weighted by Crippen LogP contribution is 2.18. The van der Waals surface area contributed by atoms with E-state index in [-0.39, 0.29) is 5.78 Å². The number of hydrogen-bond donors (Lipinski definition) is 0. The van der Waals surface area contributed by atoms with Gasteiger partial charge in [-0.25, -0.2) is 0 Å². The molecule has 0 unspecified atom stereocenters. The zero-order valence-corrected chi connectivity index (χ0v) is 12.5. The van der Waals surface area contributed by atoms with Gasteiger partial charge in [0.15, 0.2) is 10.9 Å². The van der Waals surface area contributed by atoms with E-state index in [1.54, 1.807) is 6.08 Å². The average molecular weight is 287 g/mol. The van der Waals surface area contributed by atoms with Crippen molar-refractivity contribution in [3.63, 3.8) is 0 Å². The van der Waals surface area contributed by atoms with E-state index in [4.69, 9.17) is 0 Å². The minimum atomic E-state index is 0.0980. The summed E-state index contributed by atoms with van der Waals surface area (Å²) in [5.74, 6) is 1.29. The molecule has 1 aromatic heterocycles. The number of rotatable bonds is 6. The van der Waals surface area contributed by atoms with Crippen LogP contribution in [0.3, 0.4) is 0 Å². The van der Waals surface area contributed by atoms with Gasteiger partial charge >= 0.3 is 0 Å². The summed E-state index contributed by atoms with van der Waals surface area (Å²) in [5.41, 5.74) is 1.88. The van der Waals surface area contributed by atoms with Crippen molar-refractivity contribution >= 4 is 17.5 Å². The first-order valence-electron chi connectivity index (χ1n) is 6.35. The highest BCUT2D eigenvalue weighted by atomic mass is 32.2. The molecule has 0 bridgehead atoms. The van der Waals surface area contributed by atoms with Crippen LogP contribution in [-0.2, 0) is 6.54 Å². The van der Waals surface area contributed by atoms with Gasteiger partial charge in [0.2, 0.25) is 0 Å². The van der Waals surface area contributed by atoms with Gasteiger partial charge in [-0.3, -0.25) is 4.79 Å². The van der Waals surface area contributed by atoms with Crippen molar-refractivity contribution in [2.45, 2.75) is 25.5 Å². The van der Waals surface area contributed by atoms with Gasteiger partial charge in [0.1, 0.15) is 5.82 Å². The van der Waals surface area contributed by atoms with Crippen molar-refractivity contribution < 1.29 is 4.79 Å². The smallest absolute Gasteiger partial charge is 0.191 e. The molecule has 1 heterocycles. The minimum absolute atomic E-state index is 0.0980. The standard InChI is InChI=1S/C15H17N3OS/c1-4-9-18-12(3)16-17-15(18)20-10-14(19)13-7-5-11(2)6-8-13/h4-8H,1,9-10H2,2-3H3. The summed E-state index contributed by atoms with van der Waals surface area (Å²) in [5, 5.41) is 8.87. The fraction of sp³-hybridized carbons (Fsp3) is 0.267. The summed E-state index contributed by atoms with van der Waals surface area (Å²) in [6.07, 6.45) is 1.79. The molecule has 0 amide bonds. The molecule has 0 aliphatic rings. The van der Waals surface area contributed by atoms with Crippen LogP contribution in [0.25, 0.3) is 0 Å². The monoisotopic (exact) mass is 287 g/mol. The average Bonchev–Trinajstić information content (AvgIpc) is 2.79. The van der Waals surface area contributed by atoms with Crippen molar-refractivity contribution in [3.05, 3.63) is 53.9 Å². The molecule has 0 fully saturated rings. The predicted octanol–water partition coefficient (Wildman–Crippen LogP) is 3.06. The molecule has 2 aromatic rings. The number of carbonyl (C=O) groups excluding carboxylic acids is 1. The van der Waals surface area contributed by atoms with Crippen LogP contribution >= 0.6 is 11.8 Å². The number of aryl methyl sites for hydroxylation is 2. The normalized spacial score (nSPS) is 10.5. The fourth-order valence-corrected chi connectivity index (χ4v) is 2.65. The Labute approximate surface area is 122 Å². The Bertz CT molecular complexity index is 617. The molecule has 104 valence electrons. The lowest BCUT2D eigenvalue weighted by Gasteiger charge is -2.05. The number of ketones is 1. The quantitative estimate of drug-likeness (QED) is 0.465. The maximum atomic E-state index is 12.1. The van der Waals surface area contributed by atoms with Crippen molar-refractivity contribution in [2.75, 3.05) is 5.75 Å². The second-order valence-electron chi connectivity index (χ2n) is 4.51. The van der Waals surface area contributed by atoms with Crippen LogP contribution in [0, 0.1) is 13.8 Å². The Hall–Kier alpha value is -1.88. The van der Waals surface area contributed by atoms with Crippen LogP contribution < -0.4 is 0 Å². The molecule has 20 heavy (non-hydrogen) atoms. The predicted molar refractivity (Wildman–Crippen MR) is 81.2 cm³/mol. The lowest BCUT2D eigenvalue weighted by Crippen LogP contribution is -2.05. The van der Waals surface area contributed by atoms with Crippen LogP contribution in [-0.4, -0.2) is 26.3 Å². The van der Waals surface area contributed by atoms with Crippen molar-refractivity contribution in [1.82, 2.24) is 14.8 Å². The summed E-state index contributed by atoms with van der Waals surface area (Å²) in [4.78, 5) is 12.1. The summed E-state index contributed by atoms with van der Waals surface area (Å²) >= 11 is 1.41. The lowest BCUT2D eigenvalue weighted by molar-refractivity contribution is 0.102. The zero-order chi connectivity index (χ0) is 14.5. The summed E-state index contributed by atoms with van der Waals surface area (Å²) in [6, 6.07) is 7.61. The first-order chi connectivity index (χ1) is 9.61. The van der Waals surface area contributed by atoms with Crippen molar-refractivity contribution in [1.29, 1.82) is 0 Å². The maximum Gasteiger partial charge on any atom is 0.191 e. The molecule has 0 aliphatic heterocycles. The van der Waals surface area contributed by atoms with Gasteiger partial charge in [-0.2, -0.15) is 0 Å². The maximum absolute atomic E-state index is 12.1. The number of hydrogen-bond acceptors (Lipinski definition) is 4. The Kier molecular flexibility index (Phi) is 4.74. The second-order valence-corrected chi connectivity index (χ2v) is 5.45. The molecule has 0 N–H and O–H groups in total. The number of allylic oxidation sites excluding steroid dienone is 1. The van der Waals surface area contributed by atoms with E-state index >= 15 is 0 Å². The third-order valence-electron chi connectivity index (χ3n) is 2.92. The summed E-state index contributed by atoms with van der Waals surface area (Å²) in [7, 11) is 0. The molecule has 0 radical (unpaired) electrons. The number of carbonyl (C=O) groups is 1. The van der Waals surface area contributed by atoms with E-state index in [9.17, 15) is 4.79 Å². The van der Waals surface area contributed by atoms with Crippen LogP contribution in [0.1, 0.15) is 21.7 Å². The molecule has 2 rings (SSSR count). The van der Waals surface area contributed by atoms with Gasteiger partial charge in [0.05, 0.1) is 5.75 Å².